The van der Waals surface area contributed by atoms with Crippen molar-refractivity contribution >= 4 is 58.6 Å². The van der Waals surface area contributed by atoms with Crippen molar-refractivity contribution in [3.63, 3.8) is 0 Å². The number of nitrogens with two attached hydrogens (primary N) is 1. The fourth-order valence-electron chi connectivity index (χ4n) is 10.8. The molecule has 5 fully saturated rings. The molecule has 5 saturated heterocycles. The number of aromatic nitrogens is 2. The number of hydrogen-bond donors (Lipinski definition) is 3. The smallest absolute Gasteiger partial charge is 0.320 e. The summed E-state index contributed by atoms with van der Waals surface area (Å²) in [4.78, 5) is 96.6. The van der Waals surface area contributed by atoms with E-state index in [4.69, 9.17) is 15.5 Å². The Morgan fingerprint density at radius 1 is 0.894 bits per heavy atom. The van der Waals surface area contributed by atoms with Crippen LogP contribution in [0.5, 0.6) is 0 Å². The highest BCUT2D eigenvalue weighted by Crippen LogP contribution is 2.42. The first kappa shape index (κ1) is 44.9. The Labute approximate surface area is 385 Å². The Hall–Kier alpha value is -6.30. The van der Waals surface area contributed by atoms with E-state index < -0.39 is 17.9 Å². The molecular formula is C48H61N11O7. The molecule has 2 atom stereocenters. The van der Waals surface area contributed by atoms with Crippen molar-refractivity contribution in [2.75, 3.05) is 87.7 Å². The van der Waals surface area contributed by atoms with E-state index in [-0.39, 0.29) is 47.3 Å². The third-order valence-corrected chi connectivity index (χ3v) is 14.8. The van der Waals surface area contributed by atoms with Crippen LogP contribution in [-0.4, -0.2) is 150 Å². The van der Waals surface area contributed by atoms with E-state index in [2.05, 4.69) is 37.6 Å². The van der Waals surface area contributed by atoms with Crippen molar-refractivity contribution in [2.24, 2.45) is 11.1 Å². The maximum absolute atomic E-state index is 13.2. The Balaban J connectivity index is 0.694. The normalized spacial score (nSPS) is 22.0. The fourth-order valence-corrected chi connectivity index (χ4v) is 10.8. The molecule has 18 nitrogen and oxygen atoms in total. The number of rotatable bonds is 14. The van der Waals surface area contributed by atoms with Gasteiger partial charge in [-0.2, -0.15) is 0 Å². The first-order valence-corrected chi connectivity index (χ1v) is 23.6. The Morgan fingerprint density at radius 3 is 2.39 bits per heavy atom. The summed E-state index contributed by atoms with van der Waals surface area (Å²) in [5, 5.41) is 5.65. The zero-order valence-corrected chi connectivity index (χ0v) is 37.8. The molecule has 66 heavy (non-hydrogen) atoms. The lowest BCUT2D eigenvalue weighted by molar-refractivity contribution is -0.137. The average Bonchev–Trinajstić information content (AvgIpc) is 3.85. The number of piperidine rings is 4. The van der Waals surface area contributed by atoms with Crippen LogP contribution in [0.3, 0.4) is 0 Å². The quantitative estimate of drug-likeness (QED) is 0.157. The second kappa shape index (κ2) is 19.3. The zero-order valence-electron chi connectivity index (χ0n) is 37.8. The number of nitrogens with one attached hydrogen (secondary N) is 2. The topological polar surface area (TPSA) is 207 Å². The second-order valence-corrected chi connectivity index (χ2v) is 18.8. The van der Waals surface area contributed by atoms with Gasteiger partial charge in [-0.3, -0.25) is 29.3 Å². The molecule has 6 aliphatic rings. The zero-order chi connectivity index (χ0) is 46.0. The van der Waals surface area contributed by atoms with Gasteiger partial charge in [0.1, 0.15) is 11.9 Å². The minimum atomic E-state index is -0.665. The minimum Gasteiger partial charge on any atom is -0.381 e. The van der Waals surface area contributed by atoms with Gasteiger partial charge in [-0.25, -0.2) is 14.8 Å². The number of likely N-dealkylation sites (tertiary alicyclic amines) is 1. The summed E-state index contributed by atoms with van der Waals surface area (Å²) in [6.45, 7) is 7.48. The van der Waals surface area contributed by atoms with Crippen LogP contribution < -0.4 is 26.2 Å². The van der Waals surface area contributed by atoms with Gasteiger partial charge in [0, 0.05) is 95.9 Å². The maximum Gasteiger partial charge on any atom is 0.320 e. The van der Waals surface area contributed by atoms with Crippen molar-refractivity contribution < 1.29 is 33.5 Å². The van der Waals surface area contributed by atoms with Crippen LogP contribution in [0.4, 0.5) is 27.8 Å². The number of primary amides is 1. The molecule has 18 heteroatoms. The number of imide groups is 1. The number of hydrogen-bond acceptors (Lipinski definition) is 12. The van der Waals surface area contributed by atoms with Gasteiger partial charge in [-0.1, -0.05) is 12.1 Å². The number of ether oxygens (including phenoxy) is 1. The molecule has 1 spiro atoms. The van der Waals surface area contributed by atoms with E-state index in [1.54, 1.807) is 22.1 Å². The van der Waals surface area contributed by atoms with Gasteiger partial charge < -0.3 is 45.2 Å². The van der Waals surface area contributed by atoms with E-state index >= 15 is 0 Å². The highest BCUT2D eigenvalue weighted by atomic mass is 16.5. The number of carbonyl (C=O) groups is 6. The number of anilines is 4. The molecule has 0 bridgehead atoms. The monoisotopic (exact) mass is 903 g/mol. The van der Waals surface area contributed by atoms with Crippen LogP contribution in [0.15, 0.2) is 48.7 Å². The lowest BCUT2D eigenvalue weighted by Gasteiger charge is -2.47. The summed E-state index contributed by atoms with van der Waals surface area (Å²) >= 11 is 0. The van der Waals surface area contributed by atoms with Crippen LogP contribution >= 0.6 is 0 Å². The molecule has 1 aromatic heterocycles. The fraction of sp³-hybridized carbons (Fsp3) is 0.542. The molecule has 4 N–H and O–H groups in total. The Bertz CT molecular complexity index is 2340. The molecule has 6 aliphatic heterocycles. The van der Waals surface area contributed by atoms with Crippen LogP contribution in [0.1, 0.15) is 96.2 Å². The predicted molar refractivity (Wildman–Crippen MR) is 246 cm³/mol. The van der Waals surface area contributed by atoms with Gasteiger partial charge in [0.2, 0.25) is 17.7 Å². The summed E-state index contributed by atoms with van der Waals surface area (Å²) in [6.07, 6.45) is 9.93. The van der Waals surface area contributed by atoms with Gasteiger partial charge in [-0.15, -0.1) is 0 Å². The SMILES string of the molecule is CN1CCN([C@@H]2CCCN(c3cnc(C(N)=O)c(Nc4ccc(N5CCC6(CCN(C(=O)CCOCCCc7cccc8c7CN(C7CCC(=O)NC7=O)C8=O)CC6)CC5)cc4)n3)C2)C1=O. The average molecular weight is 904 g/mol. The third kappa shape index (κ3) is 9.50. The number of carbonyl (C=O) groups excluding carboxylic acids is 6. The number of aryl methyl sites for hydroxylation is 1. The molecule has 0 aliphatic carbocycles. The van der Waals surface area contributed by atoms with E-state index in [9.17, 15) is 28.8 Å². The molecule has 3 aromatic rings. The molecule has 7 amide bonds. The molecule has 2 aromatic carbocycles. The van der Waals surface area contributed by atoms with Gasteiger partial charge in [-0.05, 0) is 105 Å². The summed E-state index contributed by atoms with van der Waals surface area (Å²) in [7, 11) is 1.83. The van der Waals surface area contributed by atoms with Gasteiger partial charge in [0.15, 0.2) is 11.5 Å². The second-order valence-electron chi connectivity index (χ2n) is 18.8. The highest BCUT2D eigenvalue weighted by molar-refractivity contribution is 6.05. The molecule has 350 valence electrons. The number of fused-ring (bicyclic) bond motifs is 1. The summed E-state index contributed by atoms with van der Waals surface area (Å²) in [5.74, 6) is -0.481. The number of nitrogens with zero attached hydrogens (tertiary/aromatic N) is 8. The van der Waals surface area contributed by atoms with E-state index in [0.717, 1.165) is 113 Å². The minimum absolute atomic E-state index is 0.0594. The van der Waals surface area contributed by atoms with Gasteiger partial charge in [0.05, 0.1) is 25.3 Å². The largest absolute Gasteiger partial charge is 0.381 e. The van der Waals surface area contributed by atoms with Gasteiger partial charge in [0.25, 0.3) is 11.8 Å². The molecular weight excluding hydrogens is 843 g/mol. The lowest BCUT2D eigenvalue weighted by atomic mass is 9.71. The van der Waals surface area contributed by atoms with Crippen molar-refractivity contribution in [3.8, 4) is 0 Å². The van der Waals surface area contributed by atoms with Crippen LogP contribution in [0.2, 0.25) is 0 Å². The molecule has 1 unspecified atom stereocenters. The summed E-state index contributed by atoms with van der Waals surface area (Å²) in [6, 6.07) is 13.3. The van der Waals surface area contributed by atoms with Gasteiger partial charge >= 0.3 is 6.03 Å². The number of urea groups is 1. The van der Waals surface area contributed by atoms with E-state index in [1.165, 1.54) is 0 Å². The van der Waals surface area contributed by atoms with Crippen LogP contribution in [0, 0.1) is 5.41 Å². The highest BCUT2D eigenvalue weighted by Gasteiger charge is 2.41. The first-order chi connectivity index (χ1) is 31.9. The maximum atomic E-state index is 13.2. The number of benzene rings is 2. The lowest BCUT2D eigenvalue weighted by Crippen LogP contribution is -2.52. The molecule has 7 heterocycles. The van der Waals surface area contributed by atoms with Crippen molar-refractivity contribution in [1.29, 1.82) is 0 Å². The standard InChI is InChI=1S/C48H61N11O7/c1-54-25-26-58(47(54)65)35-7-3-20-57(30-35)39-29-50-42(43(49)62)44(52-39)51-33-9-11-34(12-10-33)55-21-16-48(17-22-55)18-23-56(24-19-48)41(61)15-28-66-27-4-6-32-5-2-8-36-37(32)31-59(46(36)64)38-13-14-40(60)53-45(38)63/h2,5,8-12,29,35,38H,3-4,6-7,13-28,30-31H2,1H3,(H2,49,62)(H,51,52)(H,53,60,63)/t35-,38?/m1/s1. The number of likely N-dealkylation sites (N-methyl/N-ethyl adjacent to an activating group) is 1. The Kier molecular flexibility index (Phi) is 13.1. The number of amides is 7. The third-order valence-electron chi connectivity index (χ3n) is 14.8. The van der Waals surface area contributed by atoms with Crippen LogP contribution in [-0.2, 0) is 32.1 Å². The first-order valence-electron chi connectivity index (χ1n) is 23.6. The van der Waals surface area contributed by atoms with Crippen LogP contribution in [0.25, 0.3) is 0 Å². The summed E-state index contributed by atoms with van der Waals surface area (Å²) < 4.78 is 5.91. The van der Waals surface area contributed by atoms with E-state index in [0.29, 0.717) is 62.9 Å². The Morgan fingerprint density at radius 2 is 1.67 bits per heavy atom. The summed E-state index contributed by atoms with van der Waals surface area (Å²) in [5.41, 5.74) is 10.5. The molecule has 0 radical (unpaired) electrons. The van der Waals surface area contributed by atoms with Crippen molar-refractivity contribution in [1.82, 2.24) is 34.9 Å². The van der Waals surface area contributed by atoms with Crippen molar-refractivity contribution in [3.05, 3.63) is 71.0 Å². The predicted octanol–water partition coefficient (Wildman–Crippen LogP) is 3.66. The molecule has 9 rings (SSSR count). The van der Waals surface area contributed by atoms with Crippen molar-refractivity contribution in [2.45, 2.75) is 89.3 Å². The van der Waals surface area contributed by atoms with E-state index in [1.807, 2.05) is 41.1 Å². The molecule has 0 saturated carbocycles.